The number of rotatable bonds is 2. The minimum absolute atomic E-state index is 0.131. The number of hydrogen-bond donors (Lipinski definition) is 3. The summed E-state index contributed by atoms with van der Waals surface area (Å²) >= 11 is 0. The molecular formula is C13H12N6O. The molecule has 0 radical (unpaired) electrons. The number of aromatic nitrogens is 4. The molecule has 3 aromatic rings. The van der Waals surface area contributed by atoms with Crippen LogP contribution in [0.5, 0.6) is 0 Å². The van der Waals surface area contributed by atoms with Crippen LogP contribution in [-0.2, 0) is 0 Å². The van der Waals surface area contributed by atoms with Gasteiger partial charge in [-0.2, -0.15) is 5.10 Å². The first kappa shape index (κ1) is 12.1. The molecule has 0 aliphatic heterocycles. The molecule has 0 bridgehead atoms. The van der Waals surface area contributed by atoms with Crippen molar-refractivity contribution in [3.63, 3.8) is 0 Å². The minimum atomic E-state index is -0.131. The predicted molar refractivity (Wildman–Crippen MR) is 74.9 cm³/mol. The molecule has 100 valence electrons. The molecule has 0 spiro atoms. The highest BCUT2D eigenvalue weighted by atomic mass is 16.1. The van der Waals surface area contributed by atoms with Gasteiger partial charge < -0.3 is 11.1 Å². The first-order valence-corrected chi connectivity index (χ1v) is 5.97. The summed E-state index contributed by atoms with van der Waals surface area (Å²) in [6.07, 6.45) is 1.37. The average molecular weight is 268 g/mol. The van der Waals surface area contributed by atoms with E-state index in [-0.39, 0.29) is 5.91 Å². The second-order valence-corrected chi connectivity index (χ2v) is 4.21. The summed E-state index contributed by atoms with van der Waals surface area (Å²) in [6.45, 7) is 0. The van der Waals surface area contributed by atoms with Crippen LogP contribution in [0.3, 0.4) is 0 Å². The number of hydrogen-bond acceptors (Lipinski definition) is 5. The lowest BCUT2D eigenvalue weighted by Crippen LogP contribution is -2.17. The van der Waals surface area contributed by atoms with Crippen molar-refractivity contribution < 1.29 is 4.79 Å². The number of carbonyl (C=O) groups is 1. The zero-order valence-electron chi connectivity index (χ0n) is 10.7. The Hall–Kier alpha value is -2.96. The van der Waals surface area contributed by atoms with Gasteiger partial charge >= 0.3 is 0 Å². The summed E-state index contributed by atoms with van der Waals surface area (Å²) in [5.74, 6) is 0.239. The average Bonchev–Trinajstić information content (AvgIpc) is 2.92. The van der Waals surface area contributed by atoms with Crippen LogP contribution < -0.4 is 11.1 Å². The first-order valence-electron chi connectivity index (χ1n) is 5.97. The van der Waals surface area contributed by atoms with Crippen molar-refractivity contribution in [3.05, 3.63) is 36.2 Å². The van der Waals surface area contributed by atoms with Gasteiger partial charge in [0.15, 0.2) is 5.65 Å². The third-order valence-corrected chi connectivity index (χ3v) is 3.04. The second kappa shape index (κ2) is 4.61. The molecule has 3 rings (SSSR count). The van der Waals surface area contributed by atoms with E-state index in [2.05, 4.69) is 25.5 Å². The van der Waals surface area contributed by atoms with Gasteiger partial charge in [0.25, 0.3) is 5.91 Å². The lowest BCUT2D eigenvalue weighted by molar-refractivity contribution is 0.0963. The number of benzene rings is 1. The Labute approximate surface area is 114 Å². The lowest BCUT2D eigenvalue weighted by atomic mass is 10.1. The smallest absolute Gasteiger partial charge is 0.251 e. The molecule has 1 amide bonds. The number of nitrogen functional groups attached to an aromatic ring is 1. The summed E-state index contributed by atoms with van der Waals surface area (Å²) < 4.78 is 0. The van der Waals surface area contributed by atoms with Gasteiger partial charge in [0, 0.05) is 18.2 Å². The van der Waals surface area contributed by atoms with Crippen LogP contribution in [0.25, 0.3) is 22.3 Å². The summed E-state index contributed by atoms with van der Waals surface area (Å²) in [5, 5.41) is 10.3. The number of carbonyl (C=O) groups excluding carboxylic acids is 1. The maximum atomic E-state index is 11.5. The Kier molecular flexibility index (Phi) is 2.79. The Balaban J connectivity index is 2.10. The highest BCUT2D eigenvalue weighted by molar-refractivity contribution is 5.99. The minimum Gasteiger partial charge on any atom is -0.383 e. The van der Waals surface area contributed by atoms with Crippen molar-refractivity contribution in [2.75, 3.05) is 12.8 Å². The molecule has 0 aliphatic rings. The SMILES string of the molecule is CNC(=O)c1ccc(-c2[nH]nc3ncnc(N)c23)cc1. The van der Waals surface area contributed by atoms with E-state index in [4.69, 9.17) is 5.73 Å². The number of anilines is 1. The summed E-state index contributed by atoms with van der Waals surface area (Å²) in [7, 11) is 1.59. The molecule has 4 N–H and O–H groups in total. The van der Waals surface area contributed by atoms with E-state index in [0.717, 1.165) is 11.3 Å². The molecular weight excluding hydrogens is 256 g/mol. The summed E-state index contributed by atoms with van der Waals surface area (Å²) in [4.78, 5) is 19.5. The van der Waals surface area contributed by atoms with Crippen molar-refractivity contribution in [3.8, 4) is 11.3 Å². The number of aromatic amines is 1. The van der Waals surface area contributed by atoms with E-state index in [1.165, 1.54) is 6.33 Å². The number of nitrogens with one attached hydrogen (secondary N) is 2. The maximum Gasteiger partial charge on any atom is 0.251 e. The zero-order chi connectivity index (χ0) is 14.1. The van der Waals surface area contributed by atoms with E-state index in [1.807, 2.05) is 12.1 Å². The van der Waals surface area contributed by atoms with E-state index < -0.39 is 0 Å². The molecule has 7 heteroatoms. The molecule has 20 heavy (non-hydrogen) atoms. The van der Waals surface area contributed by atoms with Crippen LogP contribution in [0.15, 0.2) is 30.6 Å². The molecule has 2 aromatic heterocycles. The summed E-state index contributed by atoms with van der Waals surface area (Å²) in [6, 6.07) is 7.12. The third-order valence-electron chi connectivity index (χ3n) is 3.04. The maximum absolute atomic E-state index is 11.5. The van der Waals surface area contributed by atoms with E-state index in [0.29, 0.717) is 22.4 Å². The topological polar surface area (TPSA) is 110 Å². The number of nitrogens with two attached hydrogens (primary N) is 1. The van der Waals surface area contributed by atoms with Crippen molar-refractivity contribution in [1.82, 2.24) is 25.5 Å². The Morgan fingerprint density at radius 3 is 2.70 bits per heavy atom. The molecule has 1 aromatic carbocycles. The highest BCUT2D eigenvalue weighted by Gasteiger charge is 2.12. The molecule has 0 saturated carbocycles. The second-order valence-electron chi connectivity index (χ2n) is 4.21. The number of amides is 1. The molecule has 2 heterocycles. The van der Waals surface area contributed by atoms with Gasteiger partial charge in [-0.15, -0.1) is 0 Å². The number of nitrogens with zero attached hydrogens (tertiary/aromatic N) is 3. The van der Waals surface area contributed by atoms with Gasteiger partial charge in [-0.3, -0.25) is 9.89 Å². The van der Waals surface area contributed by atoms with Gasteiger partial charge in [-0.1, -0.05) is 12.1 Å². The van der Waals surface area contributed by atoms with Gasteiger partial charge in [0.1, 0.15) is 12.1 Å². The highest BCUT2D eigenvalue weighted by Crippen LogP contribution is 2.28. The Morgan fingerprint density at radius 1 is 1.25 bits per heavy atom. The molecule has 0 fully saturated rings. The van der Waals surface area contributed by atoms with E-state index in [1.54, 1.807) is 19.2 Å². The monoisotopic (exact) mass is 268 g/mol. The largest absolute Gasteiger partial charge is 0.383 e. The van der Waals surface area contributed by atoms with Gasteiger partial charge in [0.05, 0.1) is 11.1 Å². The zero-order valence-corrected chi connectivity index (χ0v) is 10.7. The molecule has 0 aliphatic carbocycles. The van der Waals surface area contributed by atoms with Crippen molar-refractivity contribution in [2.24, 2.45) is 0 Å². The fourth-order valence-electron chi connectivity index (χ4n) is 2.02. The van der Waals surface area contributed by atoms with Crippen LogP contribution in [0, 0.1) is 0 Å². The first-order chi connectivity index (χ1) is 9.70. The van der Waals surface area contributed by atoms with Gasteiger partial charge in [0.2, 0.25) is 0 Å². The molecule has 0 saturated heterocycles. The van der Waals surface area contributed by atoms with Crippen LogP contribution in [0.1, 0.15) is 10.4 Å². The van der Waals surface area contributed by atoms with Crippen molar-refractivity contribution in [2.45, 2.75) is 0 Å². The predicted octanol–water partition coefficient (Wildman–Crippen LogP) is 0.962. The Bertz CT molecular complexity index is 777. The fourth-order valence-corrected chi connectivity index (χ4v) is 2.02. The van der Waals surface area contributed by atoms with Crippen LogP contribution in [0.4, 0.5) is 5.82 Å². The van der Waals surface area contributed by atoms with Crippen LogP contribution >= 0.6 is 0 Å². The molecule has 0 atom stereocenters. The summed E-state index contributed by atoms with van der Waals surface area (Å²) in [5.41, 5.74) is 8.57. The van der Waals surface area contributed by atoms with Gasteiger partial charge in [-0.25, -0.2) is 9.97 Å². The standard InChI is InChI=1S/C13H12N6O/c1-15-13(20)8-4-2-7(3-5-8)10-9-11(14)16-6-17-12(9)19-18-10/h2-6H,1H3,(H,15,20)(H3,14,16,17,18,19). The van der Waals surface area contributed by atoms with Crippen molar-refractivity contribution in [1.29, 1.82) is 0 Å². The normalized spacial score (nSPS) is 10.7. The van der Waals surface area contributed by atoms with E-state index in [9.17, 15) is 4.79 Å². The quantitative estimate of drug-likeness (QED) is 0.641. The number of H-pyrrole nitrogens is 1. The van der Waals surface area contributed by atoms with E-state index >= 15 is 0 Å². The van der Waals surface area contributed by atoms with Crippen molar-refractivity contribution >= 4 is 22.8 Å². The Morgan fingerprint density at radius 2 is 2.00 bits per heavy atom. The molecule has 0 unspecified atom stereocenters. The number of fused-ring (bicyclic) bond motifs is 1. The lowest BCUT2D eigenvalue weighted by Gasteiger charge is -2.03. The molecule has 7 nitrogen and oxygen atoms in total. The van der Waals surface area contributed by atoms with Crippen LogP contribution in [-0.4, -0.2) is 33.1 Å². The van der Waals surface area contributed by atoms with Crippen LogP contribution in [0.2, 0.25) is 0 Å². The fraction of sp³-hybridized carbons (Fsp3) is 0.0769. The van der Waals surface area contributed by atoms with Gasteiger partial charge in [-0.05, 0) is 12.1 Å². The third kappa shape index (κ3) is 1.85.